The minimum atomic E-state index is -0.214. The summed E-state index contributed by atoms with van der Waals surface area (Å²) in [6, 6.07) is 3.58. The van der Waals surface area contributed by atoms with E-state index >= 15 is 0 Å². The summed E-state index contributed by atoms with van der Waals surface area (Å²) < 4.78 is 7.27. The van der Waals surface area contributed by atoms with E-state index in [1.54, 1.807) is 25.1 Å². The van der Waals surface area contributed by atoms with E-state index < -0.39 is 0 Å². The van der Waals surface area contributed by atoms with Gasteiger partial charge in [0.25, 0.3) is 0 Å². The molecule has 0 saturated carbocycles. The van der Waals surface area contributed by atoms with Gasteiger partial charge >= 0.3 is 6.03 Å². The molecule has 6 nitrogen and oxygen atoms in total. The van der Waals surface area contributed by atoms with E-state index in [4.69, 9.17) is 4.74 Å². The van der Waals surface area contributed by atoms with Crippen molar-refractivity contribution in [1.82, 2.24) is 14.9 Å². The molecule has 0 atom stereocenters. The quantitative estimate of drug-likeness (QED) is 0.629. The number of carbonyl (C=O) groups excluding carboxylic acids is 1. The third-order valence-corrected chi connectivity index (χ3v) is 4.38. The minimum absolute atomic E-state index is 0.214. The van der Waals surface area contributed by atoms with Crippen LogP contribution in [0.1, 0.15) is 11.1 Å². The molecule has 1 heterocycles. The summed E-state index contributed by atoms with van der Waals surface area (Å²) in [5.41, 5.74) is 2.75. The van der Waals surface area contributed by atoms with Crippen molar-refractivity contribution in [3.05, 3.63) is 35.7 Å². The summed E-state index contributed by atoms with van der Waals surface area (Å²) in [5, 5.41) is 6.62. The summed E-state index contributed by atoms with van der Waals surface area (Å²) in [7, 11) is 3.60. The van der Waals surface area contributed by atoms with E-state index in [-0.39, 0.29) is 6.03 Å². The molecule has 0 aliphatic heterocycles. The maximum Gasteiger partial charge on any atom is 0.319 e. The lowest BCUT2D eigenvalue weighted by molar-refractivity contribution is 0.252. The highest BCUT2D eigenvalue weighted by molar-refractivity contribution is 7.99. The van der Waals surface area contributed by atoms with Crippen LogP contribution in [-0.2, 0) is 7.05 Å². The van der Waals surface area contributed by atoms with Gasteiger partial charge in [0.1, 0.15) is 5.75 Å². The number of nitrogens with one attached hydrogen (secondary N) is 2. The van der Waals surface area contributed by atoms with Crippen LogP contribution in [0.3, 0.4) is 0 Å². The van der Waals surface area contributed by atoms with Crippen molar-refractivity contribution in [2.24, 2.45) is 7.05 Å². The van der Waals surface area contributed by atoms with Crippen molar-refractivity contribution in [3.63, 3.8) is 0 Å². The van der Waals surface area contributed by atoms with Crippen LogP contribution in [0.2, 0.25) is 0 Å². The molecule has 0 unspecified atom stereocenters. The van der Waals surface area contributed by atoms with Gasteiger partial charge < -0.3 is 19.9 Å². The minimum Gasteiger partial charge on any atom is -0.496 e. The first-order valence-corrected chi connectivity index (χ1v) is 8.30. The fourth-order valence-electron chi connectivity index (χ4n) is 2.32. The second-order valence-corrected chi connectivity index (χ2v) is 6.26. The molecule has 2 aromatic rings. The van der Waals surface area contributed by atoms with Gasteiger partial charge in [0.15, 0.2) is 5.16 Å². The molecule has 0 saturated heterocycles. The van der Waals surface area contributed by atoms with Crippen LogP contribution < -0.4 is 15.4 Å². The Kier molecular flexibility index (Phi) is 5.92. The van der Waals surface area contributed by atoms with Crippen molar-refractivity contribution in [2.45, 2.75) is 19.0 Å². The molecular weight excluding hydrogens is 312 g/mol. The molecule has 0 aliphatic rings. The number of urea groups is 1. The molecule has 0 fully saturated rings. The number of methoxy groups -OCH3 is 1. The van der Waals surface area contributed by atoms with Crippen molar-refractivity contribution in [2.75, 3.05) is 24.7 Å². The van der Waals surface area contributed by atoms with Gasteiger partial charge in [-0.15, -0.1) is 0 Å². The van der Waals surface area contributed by atoms with Crippen LogP contribution in [0.25, 0.3) is 0 Å². The number of nitrogens with zero attached hydrogens (tertiary/aromatic N) is 2. The Morgan fingerprint density at radius 2 is 2.04 bits per heavy atom. The lowest BCUT2D eigenvalue weighted by Gasteiger charge is -2.12. The molecule has 23 heavy (non-hydrogen) atoms. The molecule has 7 heteroatoms. The molecule has 1 aromatic heterocycles. The van der Waals surface area contributed by atoms with E-state index in [9.17, 15) is 4.79 Å². The number of anilines is 1. The maximum absolute atomic E-state index is 11.9. The highest BCUT2D eigenvalue weighted by atomic mass is 32.2. The number of aromatic nitrogens is 2. The molecule has 1 aromatic carbocycles. The number of amides is 2. The van der Waals surface area contributed by atoms with Crippen molar-refractivity contribution in [3.8, 4) is 5.75 Å². The number of aryl methyl sites for hydroxylation is 3. The first-order chi connectivity index (χ1) is 11.0. The standard InChI is InChI=1S/C16H22N4O2S/c1-11-9-13(10-12(2)14(11)22-4)19-15(21)17-6-8-23-16-18-5-7-20(16)3/h5,7,9-10H,6,8H2,1-4H3,(H2,17,19,21). The topological polar surface area (TPSA) is 68.2 Å². The first kappa shape index (κ1) is 17.2. The predicted octanol–water partition coefficient (Wildman–Crippen LogP) is 2.96. The van der Waals surface area contributed by atoms with Crippen molar-refractivity contribution < 1.29 is 9.53 Å². The molecule has 124 valence electrons. The molecule has 0 spiro atoms. The van der Waals surface area contributed by atoms with Gasteiger partial charge in [0.05, 0.1) is 7.11 Å². The Labute approximate surface area is 140 Å². The SMILES string of the molecule is COc1c(C)cc(NC(=O)NCCSc2nccn2C)cc1C. The normalized spacial score (nSPS) is 10.4. The van der Waals surface area contributed by atoms with Crippen LogP contribution in [-0.4, -0.2) is 35.0 Å². The zero-order valence-corrected chi connectivity index (χ0v) is 14.7. The number of hydrogen-bond donors (Lipinski definition) is 2. The zero-order chi connectivity index (χ0) is 16.8. The number of benzene rings is 1. The Morgan fingerprint density at radius 1 is 1.35 bits per heavy atom. The van der Waals surface area contributed by atoms with E-state index in [1.807, 2.05) is 43.8 Å². The second-order valence-electron chi connectivity index (χ2n) is 5.19. The van der Waals surface area contributed by atoms with Crippen LogP contribution >= 0.6 is 11.8 Å². The lowest BCUT2D eigenvalue weighted by Crippen LogP contribution is -2.30. The summed E-state index contributed by atoms with van der Waals surface area (Å²) in [4.78, 5) is 16.2. The van der Waals surface area contributed by atoms with Gasteiger partial charge in [0.2, 0.25) is 0 Å². The van der Waals surface area contributed by atoms with E-state index in [0.717, 1.165) is 33.5 Å². The Morgan fingerprint density at radius 3 is 2.61 bits per heavy atom. The molecule has 0 radical (unpaired) electrons. The zero-order valence-electron chi connectivity index (χ0n) is 13.8. The number of hydrogen-bond acceptors (Lipinski definition) is 4. The van der Waals surface area contributed by atoms with E-state index in [0.29, 0.717) is 6.54 Å². The molecular formula is C16H22N4O2S. The van der Waals surface area contributed by atoms with Gasteiger partial charge in [-0.2, -0.15) is 0 Å². The molecule has 0 aliphatic carbocycles. The average Bonchev–Trinajstić information content (AvgIpc) is 2.89. The van der Waals surface area contributed by atoms with E-state index in [2.05, 4.69) is 15.6 Å². The van der Waals surface area contributed by atoms with Crippen LogP contribution in [0.4, 0.5) is 10.5 Å². The van der Waals surface area contributed by atoms with Gasteiger partial charge in [-0.1, -0.05) is 11.8 Å². The van der Waals surface area contributed by atoms with Crippen LogP contribution in [0, 0.1) is 13.8 Å². The lowest BCUT2D eigenvalue weighted by atomic mass is 10.1. The monoisotopic (exact) mass is 334 g/mol. The highest BCUT2D eigenvalue weighted by Crippen LogP contribution is 2.26. The number of rotatable bonds is 6. The number of ether oxygens (including phenoxy) is 1. The fraction of sp³-hybridized carbons (Fsp3) is 0.375. The number of thioether (sulfide) groups is 1. The van der Waals surface area contributed by atoms with Gasteiger partial charge in [-0.3, -0.25) is 0 Å². The summed E-state index contributed by atoms with van der Waals surface area (Å²) >= 11 is 1.60. The summed E-state index contributed by atoms with van der Waals surface area (Å²) in [6.45, 7) is 4.48. The third-order valence-electron chi connectivity index (χ3n) is 3.32. The molecule has 2 N–H and O–H groups in total. The third kappa shape index (κ3) is 4.66. The smallest absolute Gasteiger partial charge is 0.319 e. The van der Waals surface area contributed by atoms with Gasteiger partial charge in [-0.25, -0.2) is 9.78 Å². The molecule has 2 rings (SSSR count). The first-order valence-electron chi connectivity index (χ1n) is 7.31. The highest BCUT2D eigenvalue weighted by Gasteiger charge is 2.08. The summed E-state index contributed by atoms with van der Waals surface area (Å²) in [5.74, 6) is 1.61. The average molecular weight is 334 g/mol. The second kappa shape index (κ2) is 7.92. The van der Waals surface area contributed by atoms with Crippen molar-refractivity contribution in [1.29, 1.82) is 0 Å². The molecule has 0 bridgehead atoms. The molecule has 2 amide bonds. The van der Waals surface area contributed by atoms with Crippen LogP contribution in [0.15, 0.2) is 29.7 Å². The Balaban J connectivity index is 1.80. The van der Waals surface area contributed by atoms with E-state index in [1.165, 1.54) is 0 Å². The Hall–Kier alpha value is -2.15. The summed E-state index contributed by atoms with van der Waals surface area (Å²) in [6.07, 6.45) is 3.66. The fourth-order valence-corrected chi connectivity index (χ4v) is 3.10. The Bertz CT molecular complexity index is 661. The number of imidazole rings is 1. The van der Waals surface area contributed by atoms with Crippen LogP contribution in [0.5, 0.6) is 5.75 Å². The number of carbonyl (C=O) groups is 1. The van der Waals surface area contributed by atoms with Crippen molar-refractivity contribution >= 4 is 23.5 Å². The largest absolute Gasteiger partial charge is 0.496 e. The maximum atomic E-state index is 11.9. The predicted molar refractivity (Wildman–Crippen MR) is 93.4 cm³/mol. The van der Waals surface area contributed by atoms with Gasteiger partial charge in [-0.05, 0) is 37.1 Å². The van der Waals surface area contributed by atoms with Gasteiger partial charge in [0, 0.05) is 37.4 Å².